The van der Waals surface area contributed by atoms with Crippen molar-refractivity contribution in [2.24, 2.45) is 0 Å². The average Bonchev–Trinajstić information content (AvgIpc) is 2.92. The monoisotopic (exact) mass is 342 g/mol. The summed E-state index contributed by atoms with van der Waals surface area (Å²) >= 11 is 0. The maximum absolute atomic E-state index is 12.0. The van der Waals surface area contributed by atoms with Gasteiger partial charge in [-0.2, -0.15) is 0 Å². The number of sulfone groups is 1. The third kappa shape index (κ3) is 5.02. The van der Waals surface area contributed by atoms with Gasteiger partial charge >= 0.3 is 6.03 Å². The molecule has 0 unspecified atom stereocenters. The van der Waals surface area contributed by atoms with E-state index >= 15 is 0 Å². The summed E-state index contributed by atoms with van der Waals surface area (Å²) in [5.74, 6) is 1.39. The van der Waals surface area contributed by atoms with E-state index in [2.05, 4.69) is 5.32 Å². The van der Waals surface area contributed by atoms with Gasteiger partial charge in [-0.05, 0) is 31.0 Å². The van der Waals surface area contributed by atoms with Gasteiger partial charge in [0, 0.05) is 25.9 Å². The third-order valence-corrected chi connectivity index (χ3v) is 4.74. The first-order valence-corrected chi connectivity index (χ1v) is 9.39. The number of rotatable bonds is 6. The van der Waals surface area contributed by atoms with Crippen molar-refractivity contribution in [2.45, 2.75) is 19.4 Å². The Morgan fingerprint density at radius 1 is 1.35 bits per heavy atom. The van der Waals surface area contributed by atoms with Gasteiger partial charge in [0.05, 0.1) is 5.75 Å². The van der Waals surface area contributed by atoms with Crippen LogP contribution in [0.5, 0.6) is 11.5 Å². The molecule has 0 spiro atoms. The van der Waals surface area contributed by atoms with Gasteiger partial charge in [0.1, 0.15) is 9.84 Å². The number of amides is 2. The van der Waals surface area contributed by atoms with Gasteiger partial charge in [-0.3, -0.25) is 0 Å². The second-order valence-electron chi connectivity index (χ2n) is 5.72. The molecule has 1 aromatic rings. The molecule has 0 aromatic heterocycles. The third-order valence-electron chi connectivity index (χ3n) is 3.65. The fourth-order valence-corrected chi connectivity index (χ4v) is 3.38. The lowest BCUT2D eigenvalue weighted by Crippen LogP contribution is -2.45. The number of benzene rings is 1. The van der Waals surface area contributed by atoms with Gasteiger partial charge < -0.3 is 19.7 Å². The molecular formula is C15H22N2O5S. The minimum atomic E-state index is -3.12. The molecule has 0 aliphatic carbocycles. The molecule has 0 saturated carbocycles. The molecule has 1 atom stereocenters. The van der Waals surface area contributed by atoms with Crippen molar-refractivity contribution in [3.05, 3.63) is 23.8 Å². The van der Waals surface area contributed by atoms with E-state index in [1.807, 2.05) is 18.2 Å². The smallest absolute Gasteiger partial charge is 0.317 e. The van der Waals surface area contributed by atoms with E-state index in [-0.39, 0.29) is 24.6 Å². The van der Waals surface area contributed by atoms with Crippen LogP contribution in [0.4, 0.5) is 4.79 Å². The average molecular weight is 342 g/mol. The summed E-state index contributed by atoms with van der Waals surface area (Å²) in [5.41, 5.74) is 1.03. The van der Waals surface area contributed by atoms with Crippen molar-refractivity contribution >= 4 is 15.9 Å². The van der Waals surface area contributed by atoms with Crippen molar-refractivity contribution < 1.29 is 22.7 Å². The lowest BCUT2D eigenvalue weighted by atomic mass is 10.1. The van der Waals surface area contributed by atoms with E-state index in [1.165, 1.54) is 4.90 Å². The van der Waals surface area contributed by atoms with Crippen LogP contribution in [0.3, 0.4) is 0 Å². The van der Waals surface area contributed by atoms with Crippen molar-refractivity contribution in [3.8, 4) is 11.5 Å². The van der Waals surface area contributed by atoms with Gasteiger partial charge in [-0.1, -0.05) is 6.07 Å². The molecule has 1 N–H and O–H groups in total. The van der Waals surface area contributed by atoms with Crippen molar-refractivity contribution in [1.82, 2.24) is 10.2 Å². The van der Waals surface area contributed by atoms with Crippen LogP contribution in [0.2, 0.25) is 0 Å². The Morgan fingerprint density at radius 2 is 2.04 bits per heavy atom. The van der Waals surface area contributed by atoms with Crippen LogP contribution in [0, 0.1) is 0 Å². The zero-order valence-corrected chi connectivity index (χ0v) is 14.4. The van der Waals surface area contributed by atoms with E-state index < -0.39 is 9.84 Å². The number of hydrogen-bond acceptors (Lipinski definition) is 5. The minimum absolute atomic E-state index is 0.0565. The first-order valence-electron chi connectivity index (χ1n) is 7.33. The molecular weight excluding hydrogens is 320 g/mol. The Hall–Kier alpha value is -1.96. The summed E-state index contributed by atoms with van der Waals surface area (Å²) in [6.07, 6.45) is 1.81. The predicted octanol–water partition coefficient (Wildman–Crippen LogP) is 1.03. The number of nitrogens with one attached hydrogen (secondary N) is 1. The van der Waals surface area contributed by atoms with Crippen LogP contribution in [0.1, 0.15) is 12.5 Å². The summed E-state index contributed by atoms with van der Waals surface area (Å²) in [4.78, 5) is 13.4. The van der Waals surface area contributed by atoms with Gasteiger partial charge in [0.15, 0.2) is 11.5 Å². The molecule has 2 amide bonds. The first-order chi connectivity index (χ1) is 10.8. The van der Waals surface area contributed by atoms with E-state index in [4.69, 9.17) is 9.47 Å². The summed E-state index contributed by atoms with van der Waals surface area (Å²) in [6.45, 7) is 2.39. The Kier molecular flexibility index (Phi) is 5.35. The molecule has 0 saturated heterocycles. The Morgan fingerprint density at radius 3 is 2.74 bits per heavy atom. The van der Waals surface area contributed by atoms with E-state index in [0.717, 1.165) is 17.6 Å². The molecule has 2 rings (SSSR count). The largest absolute Gasteiger partial charge is 0.454 e. The minimum Gasteiger partial charge on any atom is -0.454 e. The zero-order valence-electron chi connectivity index (χ0n) is 13.5. The van der Waals surface area contributed by atoms with E-state index in [1.54, 1.807) is 14.0 Å². The molecule has 1 aromatic carbocycles. The van der Waals surface area contributed by atoms with Crippen molar-refractivity contribution in [1.29, 1.82) is 0 Å². The highest BCUT2D eigenvalue weighted by Crippen LogP contribution is 2.32. The molecule has 1 heterocycles. The highest BCUT2D eigenvalue weighted by atomic mass is 32.2. The van der Waals surface area contributed by atoms with Crippen LogP contribution in [-0.2, 0) is 16.3 Å². The maximum Gasteiger partial charge on any atom is 0.317 e. The topological polar surface area (TPSA) is 84.9 Å². The van der Waals surface area contributed by atoms with Gasteiger partial charge in [-0.15, -0.1) is 0 Å². The SMILES string of the molecule is C[C@@H](CS(C)(=O)=O)N(C)C(=O)NCCc1ccc2c(c1)OCO2. The number of fused-ring (bicyclic) bond motifs is 1. The van der Waals surface area contributed by atoms with Gasteiger partial charge in [0.2, 0.25) is 6.79 Å². The second-order valence-corrected chi connectivity index (χ2v) is 7.91. The highest BCUT2D eigenvalue weighted by molar-refractivity contribution is 7.90. The van der Waals surface area contributed by atoms with Crippen LogP contribution in [-0.4, -0.2) is 57.8 Å². The number of hydrogen-bond donors (Lipinski definition) is 1. The number of urea groups is 1. The first kappa shape index (κ1) is 17.4. The lowest BCUT2D eigenvalue weighted by Gasteiger charge is -2.24. The molecule has 7 nitrogen and oxygen atoms in total. The van der Waals surface area contributed by atoms with Gasteiger partial charge in [-0.25, -0.2) is 13.2 Å². The van der Waals surface area contributed by atoms with Crippen molar-refractivity contribution in [2.75, 3.05) is 32.4 Å². The quantitative estimate of drug-likeness (QED) is 0.835. The van der Waals surface area contributed by atoms with Crippen LogP contribution in [0.15, 0.2) is 18.2 Å². The normalized spacial score (nSPS) is 14.4. The summed E-state index contributed by atoms with van der Waals surface area (Å²) in [5, 5.41) is 2.79. The number of carbonyl (C=O) groups is 1. The Balaban J connectivity index is 1.80. The molecule has 128 valence electrons. The second kappa shape index (κ2) is 7.08. The Labute approximate surface area is 136 Å². The lowest BCUT2D eigenvalue weighted by molar-refractivity contribution is 0.174. The predicted molar refractivity (Wildman–Crippen MR) is 86.6 cm³/mol. The van der Waals surface area contributed by atoms with Crippen LogP contribution in [0.25, 0.3) is 0 Å². The Bertz CT molecular complexity index is 674. The fourth-order valence-electron chi connectivity index (χ4n) is 2.29. The highest BCUT2D eigenvalue weighted by Gasteiger charge is 2.19. The molecule has 8 heteroatoms. The molecule has 0 radical (unpaired) electrons. The summed E-state index contributed by atoms with van der Waals surface area (Å²) in [7, 11) is -1.53. The number of carbonyl (C=O) groups excluding carboxylic acids is 1. The number of nitrogens with zero attached hydrogens (tertiary/aromatic N) is 1. The standard InChI is InChI=1S/C15H22N2O5S/c1-11(9-23(3,19)20)17(2)15(18)16-7-6-12-4-5-13-14(8-12)22-10-21-13/h4-5,8,11H,6-7,9-10H2,1-3H3,(H,16,18)/t11-/m0/s1. The van der Waals surface area contributed by atoms with Crippen LogP contribution >= 0.6 is 0 Å². The summed E-state index contributed by atoms with van der Waals surface area (Å²) in [6, 6.07) is 5.00. The molecule has 1 aliphatic rings. The van der Waals surface area contributed by atoms with E-state index in [9.17, 15) is 13.2 Å². The molecule has 1 aliphatic heterocycles. The summed E-state index contributed by atoms with van der Waals surface area (Å²) < 4.78 is 33.1. The zero-order chi connectivity index (χ0) is 17.0. The van der Waals surface area contributed by atoms with E-state index in [0.29, 0.717) is 18.7 Å². The van der Waals surface area contributed by atoms with Crippen molar-refractivity contribution in [3.63, 3.8) is 0 Å². The number of ether oxygens (including phenoxy) is 2. The fraction of sp³-hybridized carbons (Fsp3) is 0.533. The van der Waals surface area contributed by atoms with Crippen LogP contribution < -0.4 is 14.8 Å². The van der Waals surface area contributed by atoms with Gasteiger partial charge in [0.25, 0.3) is 0 Å². The molecule has 0 fully saturated rings. The molecule has 23 heavy (non-hydrogen) atoms. The molecule has 0 bridgehead atoms. The maximum atomic E-state index is 12.0.